The maximum atomic E-state index is 13.1. The Bertz CT molecular complexity index is 1160. The number of hydrogen-bond acceptors (Lipinski definition) is 6. The minimum absolute atomic E-state index is 0.0133. The van der Waals surface area contributed by atoms with Gasteiger partial charge in [-0.25, -0.2) is 19.0 Å². The van der Waals surface area contributed by atoms with Crippen molar-refractivity contribution in [3.63, 3.8) is 0 Å². The maximum Gasteiger partial charge on any atom is 0.272 e. The van der Waals surface area contributed by atoms with Crippen LogP contribution in [0.3, 0.4) is 0 Å². The van der Waals surface area contributed by atoms with Gasteiger partial charge in [0.25, 0.3) is 5.69 Å². The Hall–Kier alpha value is -3.88. The highest BCUT2D eigenvalue weighted by Gasteiger charge is 2.15. The standard InChI is InChI=1S/C18H12FN5O3/c1-11-8-14(6-7-16(11)24(25)26)27-18-15-9-22-23(17(15)20-10-21-18)13-4-2-12(19)3-5-13/h2-10H,1H3. The van der Waals surface area contributed by atoms with Crippen LogP contribution in [0.1, 0.15) is 5.56 Å². The number of nitro groups is 1. The van der Waals surface area contributed by atoms with Gasteiger partial charge in [-0.2, -0.15) is 5.10 Å². The van der Waals surface area contributed by atoms with E-state index in [1.54, 1.807) is 36.0 Å². The van der Waals surface area contributed by atoms with Crippen molar-refractivity contribution in [1.82, 2.24) is 19.7 Å². The quantitative estimate of drug-likeness (QED) is 0.401. The number of rotatable bonds is 4. The topological polar surface area (TPSA) is 96.0 Å². The predicted molar refractivity (Wildman–Crippen MR) is 94.5 cm³/mol. The molecule has 2 heterocycles. The molecule has 4 aromatic rings. The molecule has 0 saturated carbocycles. The van der Waals surface area contributed by atoms with Crippen molar-refractivity contribution >= 4 is 16.7 Å². The third-order valence-corrected chi connectivity index (χ3v) is 3.98. The second-order valence-corrected chi connectivity index (χ2v) is 5.76. The van der Waals surface area contributed by atoms with Gasteiger partial charge in [0.1, 0.15) is 23.3 Å². The monoisotopic (exact) mass is 365 g/mol. The molecule has 0 N–H and O–H groups in total. The third kappa shape index (κ3) is 3.06. The molecule has 2 aromatic carbocycles. The van der Waals surface area contributed by atoms with E-state index in [4.69, 9.17) is 4.74 Å². The molecule has 0 unspecified atom stereocenters. The SMILES string of the molecule is Cc1cc(Oc2ncnc3c2cnn3-c2ccc(F)cc2)ccc1[N+](=O)[O-]. The van der Waals surface area contributed by atoms with Crippen LogP contribution in [0.2, 0.25) is 0 Å². The van der Waals surface area contributed by atoms with Crippen molar-refractivity contribution in [1.29, 1.82) is 0 Å². The number of benzene rings is 2. The van der Waals surface area contributed by atoms with Crippen molar-refractivity contribution in [2.24, 2.45) is 0 Å². The van der Waals surface area contributed by atoms with Gasteiger partial charge in [-0.3, -0.25) is 10.1 Å². The molecular weight excluding hydrogens is 353 g/mol. The zero-order chi connectivity index (χ0) is 19.0. The van der Waals surface area contributed by atoms with E-state index >= 15 is 0 Å². The minimum atomic E-state index is -0.450. The summed E-state index contributed by atoms with van der Waals surface area (Å²) in [4.78, 5) is 18.8. The fourth-order valence-electron chi connectivity index (χ4n) is 2.68. The molecule has 27 heavy (non-hydrogen) atoms. The fourth-order valence-corrected chi connectivity index (χ4v) is 2.68. The zero-order valence-corrected chi connectivity index (χ0v) is 14.0. The Morgan fingerprint density at radius 1 is 1.15 bits per heavy atom. The van der Waals surface area contributed by atoms with Crippen molar-refractivity contribution < 1.29 is 14.1 Å². The first-order chi connectivity index (χ1) is 13.0. The minimum Gasteiger partial charge on any atom is -0.438 e. The number of fused-ring (bicyclic) bond motifs is 1. The van der Waals surface area contributed by atoms with Gasteiger partial charge in [0, 0.05) is 11.6 Å². The van der Waals surface area contributed by atoms with Gasteiger partial charge in [0.15, 0.2) is 5.65 Å². The molecule has 0 aliphatic heterocycles. The van der Waals surface area contributed by atoms with Gasteiger partial charge in [-0.15, -0.1) is 0 Å². The largest absolute Gasteiger partial charge is 0.438 e. The summed E-state index contributed by atoms with van der Waals surface area (Å²) in [7, 11) is 0. The number of nitro benzene ring substituents is 1. The van der Waals surface area contributed by atoms with Crippen molar-refractivity contribution in [3.05, 3.63) is 76.5 Å². The average molecular weight is 365 g/mol. The molecule has 0 radical (unpaired) electrons. The number of hydrogen-bond donors (Lipinski definition) is 0. The molecule has 0 aliphatic carbocycles. The lowest BCUT2D eigenvalue weighted by Gasteiger charge is -2.07. The van der Waals surface area contributed by atoms with Gasteiger partial charge < -0.3 is 4.74 Å². The van der Waals surface area contributed by atoms with Gasteiger partial charge >= 0.3 is 0 Å². The Morgan fingerprint density at radius 2 is 1.93 bits per heavy atom. The van der Waals surface area contributed by atoms with Crippen LogP contribution in [0, 0.1) is 22.9 Å². The zero-order valence-electron chi connectivity index (χ0n) is 14.0. The molecular formula is C18H12FN5O3. The van der Waals surface area contributed by atoms with Crippen LogP contribution < -0.4 is 4.74 Å². The lowest BCUT2D eigenvalue weighted by Crippen LogP contribution is -1.98. The highest BCUT2D eigenvalue weighted by atomic mass is 19.1. The van der Waals surface area contributed by atoms with Crippen LogP contribution >= 0.6 is 0 Å². The van der Waals surface area contributed by atoms with Gasteiger partial charge in [-0.1, -0.05) is 0 Å². The molecule has 134 valence electrons. The van der Waals surface area contributed by atoms with Crippen LogP contribution in [0.5, 0.6) is 11.6 Å². The second-order valence-electron chi connectivity index (χ2n) is 5.76. The fraction of sp³-hybridized carbons (Fsp3) is 0.0556. The van der Waals surface area contributed by atoms with E-state index in [1.165, 1.54) is 30.6 Å². The van der Waals surface area contributed by atoms with Crippen LogP contribution in [0.4, 0.5) is 10.1 Å². The molecule has 0 atom stereocenters. The molecule has 0 aliphatic rings. The molecule has 0 bridgehead atoms. The normalized spacial score (nSPS) is 10.9. The molecule has 4 rings (SSSR count). The van der Waals surface area contributed by atoms with Gasteiger partial charge in [0.05, 0.1) is 16.8 Å². The molecule has 0 fully saturated rings. The lowest BCUT2D eigenvalue weighted by atomic mass is 10.2. The molecule has 2 aromatic heterocycles. The van der Waals surface area contributed by atoms with Crippen LogP contribution in [0.15, 0.2) is 55.0 Å². The lowest BCUT2D eigenvalue weighted by molar-refractivity contribution is -0.385. The molecule has 0 spiro atoms. The van der Waals surface area contributed by atoms with E-state index in [1.807, 2.05) is 0 Å². The summed E-state index contributed by atoms with van der Waals surface area (Å²) < 4.78 is 20.5. The molecule has 0 amide bonds. The van der Waals surface area contributed by atoms with E-state index in [0.717, 1.165) is 0 Å². The second kappa shape index (κ2) is 6.45. The van der Waals surface area contributed by atoms with Gasteiger partial charge in [-0.05, 0) is 43.3 Å². The van der Waals surface area contributed by atoms with Crippen molar-refractivity contribution in [2.75, 3.05) is 0 Å². The number of aromatic nitrogens is 4. The third-order valence-electron chi connectivity index (χ3n) is 3.98. The number of ether oxygens (including phenoxy) is 1. The smallest absolute Gasteiger partial charge is 0.272 e. The first-order valence-electron chi connectivity index (χ1n) is 7.90. The van der Waals surface area contributed by atoms with Crippen LogP contribution in [-0.2, 0) is 0 Å². The number of nitrogens with zero attached hydrogens (tertiary/aromatic N) is 5. The summed E-state index contributed by atoms with van der Waals surface area (Å²) in [5, 5.41) is 15.8. The summed E-state index contributed by atoms with van der Waals surface area (Å²) in [6, 6.07) is 10.3. The Labute approximate surface area is 152 Å². The molecule has 9 heteroatoms. The van der Waals surface area contributed by atoms with Crippen molar-refractivity contribution in [3.8, 4) is 17.3 Å². The Morgan fingerprint density at radius 3 is 2.63 bits per heavy atom. The Balaban J connectivity index is 1.72. The molecule has 8 nitrogen and oxygen atoms in total. The van der Waals surface area contributed by atoms with Gasteiger partial charge in [0.2, 0.25) is 5.88 Å². The number of aryl methyl sites for hydroxylation is 1. The first-order valence-corrected chi connectivity index (χ1v) is 7.90. The van der Waals surface area contributed by atoms with E-state index in [0.29, 0.717) is 28.0 Å². The van der Waals surface area contributed by atoms with E-state index in [2.05, 4.69) is 15.1 Å². The number of halogens is 1. The van der Waals surface area contributed by atoms with Crippen LogP contribution in [0.25, 0.3) is 16.7 Å². The van der Waals surface area contributed by atoms with Crippen molar-refractivity contribution in [2.45, 2.75) is 6.92 Å². The highest BCUT2D eigenvalue weighted by Crippen LogP contribution is 2.30. The summed E-state index contributed by atoms with van der Waals surface area (Å²) >= 11 is 0. The van der Waals surface area contributed by atoms with E-state index in [-0.39, 0.29) is 17.4 Å². The predicted octanol–water partition coefficient (Wildman–Crippen LogP) is 3.96. The summed E-state index contributed by atoms with van der Waals surface area (Å²) in [5.74, 6) is 0.330. The maximum absolute atomic E-state index is 13.1. The summed E-state index contributed by atoms with van der Waals surface area (Å²) in [5.41, 5.74) is 1.62. The van der Waals surface area contributed by atoms with E-state index < -0.39 is 4.92 Å². The Kier molecular flexibility index (Phi) is 3.96. The summed E-state index contributed by atoms with van der Waals surface area (Å²) in [6.45, 7) is 1.63. The average Bonchev–Trinajstić information content (AvgIpc) is 3.07. The van der Waals surface area contributed by atoms with Crippen LogP contribution in [-0.4, -0.2) is 24.7 Å². The first kappa shape index (κ1) is 16.6. The van der Waals surface area contributed by atoms with E-state index in [9.17, 15) is 14.5 Å². The highest BCUT2D eigenvalue weighted by molar-refractivity contribution is 5.81. The molecule has 0 saturated heterocycles. The summed E-state index contributed by atoms with van der Waals surface area (Å²) in [6.07, 6.45) is 2.88.